The first-order valence-electron chi connectivity index (χ1n) is 8.53. The topological polar surface area (TPSA) is 61.8 Å². The molecule has 0 N–H and O–H groups in total. The zero-order valence-electron chi connectivity index (χ0n) is 14.0. The highest BCUT2D eigenvalue weighted by atomic mass is 32.1. The molecule has 0 unspecified atom stereocenters. The van der Waals surface area contributed by atoms with Crippen LogP contribution in [-0.2, 0) is 4.74 Å². The van der Waals surface area contributed by atoms with Gasteiger partial charge in [0.15, 0.2) is 5.82 Å². The van der Waals surface area contributed by atoms with E-state index in [-0.39, 0.29) is 5.91 Å². The third-order valence-corrected chi connectivity index (χ3v) is 5.35. The molecule has 4 rings (SSSR count). The molecule has 25 heavy (non-hydrogen) atoms. The number of ether oxygens (including phenoxy) is 1. The standard InChI is InChI=1S/C17H21N5O2S/c23-17(14-1-10-25-13-14)22-4-2-20(3-5-22)15-11-16(19-18-12-15)21-6-8-24-9-7-21/h1,10-13H,2-9H2. The Labute approximate surface area is 150 Å². The Balaban J connectivity index is 1.40. The molecule has 132 valence electrons. The number of hydrogen-bond donors (Lipinski definition) is 0. The van der Waals surface area contributed by atoms with Gasteiger partial charge in [0.25, 0.3) is 5.91 Å². The predicted octanol–water partition coefficient (Wildman–Crippen LogP) is 1.34. The first-order chi connectivity index (χ1) is 12.3. The van der Waals surface area contributed by atoms with Crippen LogP contribution >= 0.6 is 11.3 Å². The quantitative estimate of drug-likeness (QED) is 0.824. The van der Waals surface area contributed by atoms with Crippen LogP contribution in [0.15, 0.2) is 29.1 Å². The number of thiophene rings is 1. The van der Waals surface area contributed by atoms with E-state index in [2.05, 4.69) is 26.1 Å². The Kier molecular flexibility index (Phi) is 4.80. The van der Waals surface area contributed by atoms with E-state index in [0.717, 1.165) is 69.6 Å². The van der Waals surface area contributed by atoms with Gasteiger partial charge in [-0.15, -0.1) is 5.10 Å². The lowest BCUT2D eigenvalue weighted by Crippen LogP contribution is -2.48. The molecule has 4 heterocycles. The SMILES string of the molecule is O=C(c1ccsc1)N1CCN(c2cnnc(N3CCOCC3)c2)CC1. The van der Waals surface area contributed by atoms with Crippen LogP contribution in [0.3, 0.4) is 0 Å². The molecule has 7 nitrogen and oxygen atoms in total. The van der Waals surface area contributed by atoms with Crippen LogP contribution < -0.4 is 9.80 Å². The van der Waals surface area contributed by atoms with Gasteiger partial charge in [-0.25, -0.2) is 0 Å². The monoisotopic (exact) mass is 359 g/mol. The van der Waals surface area contributed by atoms with Gasteiger partial charge >= 0.3 is 0 Å². The van der Waals surface area contributed by atoms with E-state index in [4.69, 9.17) is 4.74 Å². The summed E-state index contributed by atoms with van der Waals surface area (Å²) in [5.74, 6) is 1.03. The number of morpholine rings is 1. The minimum Gasteiger partial charge on any atom is -0.378 e. The number of hydrogen-bond acceptors (Lipinski definition) is 7. The number of piperazine rings is 1. The maximum absolute atomic E-state index is 12.4. The maximum atomic E-state index is 12.4. The van der Waals surface area contributed by atoms with E-state index in [9.17, 15) is 4.79 Å². The minimum atomic E-state index is 0.128. The summed E-state index contributed by atoms with van der Waals surface area (Å²) in [4.78, 5) is 18.8. The van der Waals surface area contributed by atoms with Crippen molar-refractivity contribution in [3.8, 4) is 0 Å². The van der Waals surface area contributed by atoms with Crippen LogP contribution in [-0.4, -0.2) is 73.5 Å². The average Bonchev–Trinajstić information content (AvgIpc) is 3.23. The first-order valence-corrected chi connectivity index (χ1v) is 9.47. The molecule has 2 saturated heterocycles. The highest BCUT2D eigenvalue weighted by Crippen LogP contribution is 2.21. The van der Waals surface area contributed by atoms with Crippen LogP contribution in [0.1, 0.15) is 10.4 Å². The fraction of sp³-hybridized carbons (Fsp3) is 0.471. The van der Waals surface area contributed by atoms with E-state index in [1.807, 2.05) is 21.7 Å². The minimum absolute atomic E-state index is 0.128. The Morgan fingerprint density at radius 2 is 1.88 bits per heavy atom. The Bertz CT molecular complexity index is 710. The number of carbonyl (C=O) groups excluding carboxylic acids is 1. The van der Waals surface area contributed by atoms with Crippen LogP contribution in [0.25, 0.3) is 0 Å². The largest absolute Gasteiger partial charge is 0.378 e. The van der Waals surface area contributed by atoms with E-state index in [1.165, 1.54) is 0 Å². The lowest BCUT2D eigenvalue weighted by atomic mass is 10.2. The highest BCUT2D eigenvalue weighted by molar-refractivity contribution is 7.08. The van der Waals surface area contributed by atoms with Gasteiger partial charge in [-0.2, -0.15) is 16.4 Å². The number of rotatable bonds is 3. The smallest absolute Gasteiger partial charge is 0.254 e. The van der Waals surface area contributed by atoms with Crippen LogP contribution in [0.2, 0.25) is 0 Å². The molecule has 2 aromatic rings. The van der Waals surface area contributed by atoms with E-state index in [1.54, 1.807) is 17.5 Å². The third kappa shape index (κ3) is 3.59. The average molecular weight is 359 g/mol. The van der Waals surface area contributed by atoms with Crippen molar-refractivity contribution in [1.29, 1.82) is 0 Å². The van der Waals surface area contributed by atoms with Crippen molar-refractivity contribution in [3.63, 3.8) is 0 Å². The maximum Gasteiger partial charge on any atom is 0.254 e. The molecule has 0 bridgehead atoms. The predicted molar refractivity (Wildman–Crippen MR) is 97.5 cm³/mol. The van der Waals surface area contributed by atoms with Crippen molar-refractivity contribution in [2.75, 3.05) is 62.3 Å². The summed E-state index contributed by atoms with van der Waals surface area (Å²) in [6.45, 7) is 6.23. The van der Waals surface area contributed by atoms with Crippen LogP contribution in [0.4, 0.5) is 11.5 Å². The summed E-state index contributed by atoms with van der Waals surface area (Å²) in [6, 6.07) is 3.98. The molecule has 0 aromatic carbocycles. The van der Waals surface area contributed by atoms with E-state index in [0.29, 0.717) is 0 Å². The van der Waals surface area contributed by atoms with Crippen molar-refractivity contribution in [3.05, 3.63) is 34.7 Å². The Morgan fingerprint density at radius 3 is 2.60 bits per heavy atom. The van der Waals surface area contributed by atoms with Gasteiger partial charge < -0.3 is 19.4 Å². The number of anilines is 2. The summed E-state index contributed by atoms with van der Waals surface area (Å²) in [5, 5.41) is 12.3. The van der Waals surface area contributed by atoms with Gasteiger partial charge in [-0.3, -0.25) is 4.79 Å². The highest BCUT2D eigenvalue weighted by Gasteiger charge is 2.23. The van der Waals surface area contributed by atoms with Crippen molar-refractivity contribution in [1.82, 2.24) is 15.1 Å². The van der Waals surface area contributed by atoms with Crippen molar-refractivity contribution >= 4 is 28.7 Å². The van der Waals surface area contributed by atoms with Gasteiger partial charge in [0.05, 0.1) is 30.7 Å². The normalized spacial score (nSPS) is 18.5. The summed E-state index contributed by atoms with van der Waals surface area (Å²) in [5.41, 5.74) is 1.86. The molecule has 2 aromatic heterocycles. The molecule has 8 heteroatoms. The molecule has 0 spiro atoms. The molecule has 0 aliphatic carbocycles. The van der Waals surface area contributed by atoms with Crippen molar-refractivity contribution in [2.24, 2.45) is 0 Å². The van der Waals surface area contributed by atoms with Gasteiger partial charge in [0, 0.05) is 50.7 Å². The zero-order chi connectivity index (χ0) is 17.1. The number of carbonyl (C=O) groups is 1. The van der Waals surface area contributed by atoms with Crippen molar-refractivity contribution < 1.29 is 9.53 Å². The second-order valence-corrected chi connectivity index (χ2v) is 6.94. The fourth-order valence-corrected chi connectivity index (χ4v) is 3.83. The Morgan fingerprint density at radius 1 is 1.08 bits per heavy atom. The summed E-state index contributed by atoms with van der Waals surface area (Å²) in [7, 11) is 0. The zero-order valence-corrected chi connectivity index (χ0v) is 14.8. The number of aromatic nitrogens is 2. The molecule has 0 radical (unpaired) electrons. The van der Waals surface area contributed by atoms with E-state index >= 15 is 0 Å². The molecule has 2 aliphatic rings. The summed E-state index contributed by atoms with van der Waals surface area (Å²) in [6.07, 6.45) is 1.81. The lowest BCUT2D eigenvalue weighted by Gasteiger charge is -2.36. The molecule has 0 saturated carbocycles. The molecule has 0 atom stereocenters. The summed E-state index contributed by atoms with van der Waals surface area (Å²) >= 11 is 1.56. The van der Waals surface area contributed by atoms with Gasteiger partial charge in [-0.05, 0) is 11.4 Å². The fourth-order valence-electron chi connectivity index (χ4n) is 3.20. The summed E-state index contributed by atoms with van der Waals surface area (Å²) < 4.78 is 5.40. The molecule has 2 fully saturated rings. The third-order valence-electron chi connectivity index (χ3n) is 4.66. The van der Waals surface area contributed by atoms with E-state index < -0.39 is 0 Å². The number of amides is 1. The van der Waals surface area contributed by atoms with Crippen LogP contribution in [0, 0.1) is 0 Å². The van der Waals surface area contributed by atoms with Crippen molar-refractivity contribution in [2.45, 2.75) is 0 Å². The van der Waals surface area contributed by atoms with Gasteiger partial charge in [0.1, 0.15) is 0 Å². The molecule has 2 aliphatic heterocycles. The van der Waals surface area contributed by atoms with Gasteiger partial charge in [-0.1, -0.05) is 0 Å². The second kappa shape index (κ2) is 7.37. The Hall–Kier alpha value is -2.19. The van der Waals surface area contributed by atoms with Gasteiger partial charge in [0.2, 0.25) is 0 Å². The first kappa shape index (κ1) is 16.3. The van der Waals surface area contributed by atoms with Crippen LogP contribution in [0.5, 0.6) is 0 Å². The number of nitrogens with zero attached hydrogens (tertiary/aromatic N) is 5. The molecular formula is C17H21N5O2S. The second-order valence-electron chi connectivity index (χ2n) is 6.16. The lowest BCUT2D eigenvalue weighted by molar-refractivity contribution is 0.0747. The molecule has 1 amide bonds. The molecular weight excluding hydrogens is 338 g/mol.